The van der Waals surface area contributed by atoms with Gasteiger partial charge >= 0.3 is 6.03 Å². The van der Waals surface area contributed by atoms with E-state index in [-0.39, 0.29) is 6.03 Å². The molecule has 5 heteroatoms. The monoisotopic (exact) mass is 335 g/mol. The molecular formula is C18H26ClN3O. The summed E-state index contributed by atoms with van der Waals surface area (Å²) in [5.74, 6) is 0.734. The van der Waals surface area contributed by atoms with Crippen LogP contribution in [0.25, 0.3) is 0 Å². The quantitative estimate of drug-likeness (QED) is 0.903. The fraction of sp³-hybridized carbons (Fsp3) is 0.611. The van der Waals surface area contributed by atoms with Crippen molar-refractivity contribution in [3.05, 3.63) is 29.3 Å². The van der Waals surface area contributed by atoms with Crippen molar-refractivity contribution in [1.29, 1.82) is 0 Å². The topological polar surface area (TPSA) is 35.6 Å². The summed E-state index contributed by atoms with van der Waals surface area (Å²) in [5.41, 5.74) is 0.689. The van der Waals surface area contributed by atoms with E-state index < -0.39 is 0 Å². The number of halogens is 1. The fourth-order valence-electron chi connectivity index (χ4n) is 3.58. The lowest BCUT2D eigenvalue weighted by Gasteiger charge is -2.36. The van der Waals surface area contributed by atoms with Crippen LogP contribution in [0, 0.1) is 5.92 Å². The SMILES string of the molecule is O=C(Nc1ccccc1Cl)N1CCC(CN2CCCCC2)CC1. The van der Waals surface area contributed by atoms with Crippen molar-refractivity contribution in [1.82, 2.24) is 9.80 Å². The van der Waals surface area contributed by atoms with Crippen molar-refractivity contribution in [2.75, 3.05) is 38.0 Å². The van der Waals surface area contributed by atoms with E-state index in [1.54, 1.807) is 6.07 Å². The molecule has 0 spiro atoms. The number of hydrogen-bond donors (Lipinski definition) is 1. The molecule has 0 aromatic heterocycles. The minimum atomic E-state index is -0.0328. The van der Waals surface area contributed by atoms with Crippen LogP contribution in [-0.2, 0) is 0 Å². The van der Waals surface area contributed by atoms with Gasteiger partial charge in [0.2, 0.25) is 0 Å². The smallest absolute Gasteiger partial charge is 0.321 e. The number of nitrogens with one attached hydrogen (secondary N) is 1. The maximum absolute atomic E-state index is 12.4. The molecule has 2 aliphatic rings. The average Bonchev–Trinajstić information content (AvgIpc) is 2.58. The van der Waals surface area contributed by atoms with E-state index in [0.717, 1.165) is 31.8 Å². The largest absolute Gasteiger partial charge is 0.325 e. The first-order valence-corrected chi connectivity index (χ1v) is 9.13. The van der Waals surface area contributed by atoms with Gasteiger partial charge in [-0.1, -0.05) is 30.2 Å². The molecule has 2 amide bonds. The Bertz CT molecular complexity index is 523. The summed E-state index contributed by atoms with van der Waals surface area (Å²) in [4.78, 5) is 16.9. The Morgan fingerprint density at radius 3 is 2.48 bits per heavy atom. The minimum Gasteiger partial charge on any atom is -0.325 e. The highest BCUT2D eigenvalue weighted by molar-refractivity contribution is 6.33. The van der Waals surface area contributed by atoms with Gasteiger partial charge in [-0.2, -0.15) is 0 Å². The lowest BCUT2D eigenvalue weighted by molar-refractivity contribution is 0.142. The Morgan fingerprint density at radius 1 is 1.09 bits per heavy atom. The number of amides is 2. The highest BCUT2D eigenvalue weighted by Gasteiger charge is 2.25. The summed E-state index contributed by atoms with van der Waals surface area (Å²) in [5, 5.41) is 3.50. The number of likely N-dealkylation sites (tertiary alicyclic amines) is 2. The molecule has 2 saturated heterocycles. The van der Waals surface area contributed by atoms with Gasteiger partial charge in [0.1, 0.15) is 0 Å². The number of carbonyl (C=O) groups excluding carboxylic acids is 1. The molecule has 0 atom stereocenters. The summed E-state index contributed by atoms with van der Waals surface area (Å²) >= 11 is 6.10. The molecule has 0 saturated carbocycles. The number of carbonyl (C=O) groups is 1. The predicted octanol–water partition coefficient (Wildman–Crippen LogP) is 4.07. The third-order valence-electron chi connectivity index (χ3n) is 4.98. The second kappa shape index (κ2) is 8.02. The molecule has 0 aliphatic carbocycles. The Morgan fingerprint density at radius 2 is 1.78 bits per heavy atom. The van der Waals surface area contributed by atoms with Crippen molar-refractivity contribution >= 4 is 23.3 Å². The Labute approximate surface area is 143 Å². The van der Waals surface area contributed by atoms with Gasteiger partial charge in [0, 0.05) is 19.6 Å². The average molecular weight is 336 g/mol. The number of urea groups is 1. The van der Waals surface area contributed by atoms with Gasteiger partial charge in [-0.25, -0.2) is 4.79 Å². The molecule has 4 nitrogen and oxygen atoms in total. The summed E-state index contributed by atoms with van der Waals surface area (Å²) < 4.78 is 0. The highest BCUT2D eigenvalue weighted by Crippen LogP contribution is 2.23. The van der Waals surface area contributed by atoms with Gasteiger partial charge in [0.15, 0.2) is 0 Å². The van der Waals surface area contributed by atoms with Gasteiger partial charge in [-0.05, 0) is 56.8 Å². The zero-order chi connectivity index (χ0) is 16.1. The lowest BCUT2D eigenvalue weighted by atomic mass is 9.95. The fourth-order valence-corrected chi connectivity index (χ4v) is 3.77. The Kier molecular flexibility index (Phi) is 5.79. The summed E-state index contributed by atoms with van der Waals surface area (Å²) in [6, 6.07) is 7.34. The van der Waals surface area contributed by atoms with Crippen LogP contribution in [0.4, 0.5) is 10.5 Å². The molecule has 1 aromatic carbocycles. The predicted molar refractivity (Wildman–Crippen MR) is 95.1 cm³/mol. The normalized spacial score (nSPS) is 20.5. The van der Waals surface area contributed by atoms with Gasteiger partial charge in [-0.3, -0.25) is 0 Å². The van der Waals surface area contributed by atoms with Gasteiger partial charge < -0.3 is 15.1 Å². The van der Waals surface area contributed by atoms with Crippen molar-refractivity contribution < 1.29 is 4.79 Å². The van der Waals surface area contributed by atoms with Crippen LogP contribution in [0.1, 0.15) is 32.1 Å². The molecule has 3 rings (SSSR count). The van der Waals surface area contributed by atoms with Crippen molar-refractivity contribution in [3.8, 4) is 0 Å². The van der Waals surface area contributed by atoms with Crippen LogP contribution < -0.4 is 5.32 Å². The Balaban J connectivity index is 1.45. The van der Waals surface area contributed by atoms with Gasteiger partial charge in [-0.15, -0.1) is 0 Å². The summed E-state index contributed by atoms with van der Waals surface area (Å²) in [6.45, 7) is 5.41. The molecule has 2 heterocycles. The van der Waals surface area contributed by atoms with E-state index in [1.165, 1.54) is 38.9 Å². The maximum atomic E-state index is 12.4. The first-order chi connectivity index (χ1) is 11.2. The molecule has 1 N–H and O–H groups in total. The van der Waals surface area contributed by atoms with E-state index in [0.29, 0.717) is 10.7 Å². The van der Waals surface area contributed by atoms with Gasteiger partial charge in [0.25, 0.3) is 0 Å². The second-order valence-electron chi connectivity index (χ2n) is 6.70. The van der Waals surface area contributed by atoms with Crippen molar-refractivity contribution in [2.45, 2.75) is 32.1 Å². The summed E-state index contributed by atoms with van der Waals surface area (Å²) in [7, 11) is 0. The van der Waals surface area contributed by atoms with E-state index in [2.05, 4.69) is 10.2 Å². The summed E-state index contributed by atoms with van der Waals surface area (Å²) in [6.07, 6.45) is 6.29. The molecule has 0 unspecified atom stereocenters. The van der Waals surface area contributed by atoms with Gasteiger partial charge in [0.05, 0.1) is 10.7 Å². The van der Waals surface area contributed by atoms with Crippen molar-refractivity contribution in [3.63, 3.8) is 0 Å². The molecule has 2 aliphatic heterocycles. The first kappa shape index (κ1) is 16.6. The highest BCUT2D eigenvalue weighted by atomic mass is 35.5. The molecule has 2 fully saturated rings. The number of benzene rings is 1. The van der Waals surface area contributed by atoms with Crippen LogP contribution in [-0.4, -0.2) is 48.6 Å². The standard InChI is InChI=1S/C18H26ClN3O/c19-16-6-2-3-7-17(16)20-18(23)22-12-8-15(9-13-22)14-21-10-4-1-5-11-21/h2-3,6-7,15H,1,4-5,8-14H2,(H,20,23). The Hall–Kier alpha value is -1.26. The number of nitrogens with zero attached hydrogens (tertiary/aromatic N) is 2. The third-order valence-corrected chi connectivity index (χ3v) is 5.31. The maximum Gasteiger partial charge on any atom is 0.321 e. The molecule has 0 bridgehead atoms. The number of hydrogen-bond acceptors (Lipinski definition) is 2. The number of para-hydroxylation sites is 1. The van der Waals surface area contributed by atoms with Crippen LogP contribution in [0.2, 0.25) is 5.02 Å². The number of rotatable bonds is 3. The van der Waals surface area contributed by atoms with Crippen LogP contribution >= 0.6 is 11.6 Å². The minimum absolute atomic E-state index is 0.0328. The van der Waals surface area contributed by atoms with E-state index >= 15 is 0 Å². The van der Waals surface area contributed by atoms with Crippen LogP contribution in [0.5, 0.6) is 0 Å². The second-order valence-corrected chi connectivity index (χ2v) is 7.11. The van der Waals surface area contributed by atoms with Crippen LogP contribution in [0.15, 0.2) is 24.3 Å². The zero-order valence-corrected chi connectivity index (χ0v) is 14.4. The molecule has 0 radical (unpaired) electrons. The number of anilines is 1. The van der Waals surface area contributed by atoms with Crippen LogP contribution in [0.3, 0.4) is 0 Å². The first-order valence-electron chi connectivity index (χ1n) is 8.75. The number of piperidine rings is 2. The van der Waals surface area contributed by atoms with E-state index in [4.69, 9.17) is 11.6 Å². The van der Waals surface area contributed by atoms with Crippen molar-refractivity contribution in [2.24, 2.45) is 5.92 Å². The zero-order valence-electron chi connectivity index (χ0n) is 13.6. The molecule has 23 heavy (non-hydrogen) atoms. The molecular weight excluding hydrogens is 310 g/mol. The van der Waals surface area contributed by atoms with E-state index in [1.807, 2.05) is 23.1 Å². The van der Waals surface area contributed by atoms with E-state index in [9.17, 15) is 4.79 Å². The lowest BCUT2D eigenvalue weighted by Crippen LogP contribution is -2.44. The molecule has 1 aromatic rings. The molecule has 126 valence electrons. The third kappa shape index (κ3) is 4.61.